The number of aryl methyl sites for hydroxylation is 2. The fourth-order valence-corrected chi connectivity index (χ4v) is 3.15. The number of nitrogens with two attached hydrogens (primary N) is 1. The molecule has 1 saturated heterocycles. The maximum atomic E-state index is 12.4. The molecule has 2 heterocycles. The van der Waals surface area contributed by atoms with E-state index >= 15 is 0 Å². The van der Waals surface area contributed by atoms with Gasteiger partial charge in [0, 0.05) is 18.8 Å². The molecule has 24 heavy (non-hydrogen) atoms. The van der Waals surface area contributed by atoms with Crippen molar-refractivity contribution < 1.29 is 9.59 Å². The van der Waals surface area contributed by atoms with E-state index < -0.39 is 0 Å². The van der Waals surface area contributed by atoms with Crippen LogP contribution in [0.25, 0.3) is 5.69 Å². The van der Waals surface area contributed by atoms with Crippen LogP contribution in [0.15, 0.2) is 30.3 Å². The average molecular weight is 326 g/mol. The van der Waals surface area contributed by atoms with Gasteiger partial charge in [-0.1, -0.05) is 12.1 Å². The van der Waals surface area contributed by atoms with Gasteiger partial charge in [0.15, 0.2) is 0 Å². The van der Waals surface area contributed by atoms with Crippen molar-refractivity contribution in [1.82, 2.24) is 14.7 Å². The molecule has 0 spiro atoms. The average Bonchev–Trinajstić information content (AvgIpc) is 3.15. The van der Waals surface area contributed by atoms with E-state index in [9.17, 15) is 9.59 Å². The number of likely N-dealkylation sites (tertiary alicyclic amines) is 1. The highest BCUT2D eigenvalue weighted by molar-refractivity contribution is 5.82. The second-order valence-electron chi connectivity index (χ2n) is 6.41. The number of rotatable bonds is 4. The number of carbonyl (C=O) groups excluding carboxylic acids is 2. The van der Waals surface area contributed by atoms with E-state index in [1.807, 2.05) is 48.9 Å². The molecule has 0 unspecified atom stereocenters. The Morgan fingerprint density at radius 3 is 2.50 bits per heavy atom. The van der Waals surface area contributed by atoms with Gasteiger partial charge in [-0.3, -0.25) is 9.59 Å². The number of aromatic nitrogens is 2. The Hall–Kier alpha value is -2.63. The molecule has 126 valence electrons. The lowest BCUT2D eigenvalue weighted by Gasteiger charge is -2.16. The summed E-state index contributed by atoms with van der Waals surface area (Å²) in [4.78, 5) is 25.3. The summed E-state index contributed by atoms with van der Waals surface area (Å²) in [5.41, 5.74) is 9.30. The highest BCUT2D eigenvalue weighted by atomic mass is 16.2. The molecule has 1 fully saturated rings. The largest absolute Gasteiger partial charge is 0.369 e. The van der Waals surface area contributed by atoms with Crippen LogP contribution in [0.3, 0.4) is 0 Å². The van der Waals surface area contributed by atoms with Gasteiger partial charge in [-0.25, -0.2) is 4.68 Å². The van der Waals surface area contributed by atoms with E-state index in [0.29, 0.717) is 25.9 Å². The predicted octanol–water partition coefficient (Wildman–Crippen LogP) is 1.37. The molecule has 1 aromatic heterocycles. The molecule has 1 aliphatic heterocycles. The molecule has 2 amide bonds. The summed E-state index contributed by atoms with van der Waals surface area (Å²) < 4.78 is 1.89. The highest BCUT2D eigenvalue weighted by Gasteiger charge is 2.29. The standard InChI is InChI=1S/C18H22N4O2/c1-12-9-13(2)22(20-12)16-5-3-14(4-6-16)10-17(23)21-8-7-15(11-21)18(19)24/h3-6,9,15H,7-8,10-11H2,1-2H3,(H2,19,24)/t15-/m1/s1. The van der Waals surface area contributed by atoms with Crippen molar-refractivity contribution in [3.63, 3.8) is 0 Å². The molecule has 6 nitrogen and oxygen atoms in total. The summed E-state index contributed by atoms with van der Waals surface area (Å²) in [6.45, 7) is 5.03. The van der Waals surface area contributed by atoms with E-state index in [4.69, 9.17) is 5.73 Å². The third kappa shape index (κ3) is 3.32. The molecule has 3 rings (SSSR count). The lowest BCUT2D eigenvalue weighted by Crippen LogP contribution is -2.32. The zero-order valence-electron chi connectivity index (χ0n) is 14.0. The Labute approximate surface area is 141 Å². The first-order chi connectivity index (χ1) is 11.4. The minimum absolute atomic E-state index is 0.0395. The van der Waals surface area contributed by atoms with Crippen molar-refractivity contribution in [2.45, 2.75) is 26.7 Å². The first-order valence-electron chi connectivity index (χ1n) is 8.13. The van der Waals surface area contributed by atoms with Crippen LogP contribution in [0.1, 0.15) is 23.4 Å². The zero-order valence-corrected chi connectivity index (χ0v) is 14.0. The number of hydrogen-bond donors (Lipinski definition) is 1. The Balaban J connectivity index is 1.65. The third-order valence-corrected chi connectivity index (χ3v) is 4.49. The molecule has 1 aromatic carbocycles. The van der Waals surface area contributed by atoms with E-state index in [-0.39, 0.29) is 17.7 Å². The van der Waals surface area contributed by atoms with Crippen LogP contribution in [0.4, 0.5) is 0 Å². The molecule has 0 radical (unpaired) electrons. The van der Waals surface area contributed by atoms with Crippen LogP contribution >= 0.6 is 0 Å². The number of carbonyl (C=O) groups is 2. The van der Waals surface area contributed by atoms with Crippen LogP contribution in [-0.2, 0) is 16.0 Å². The monoisotopic (exact) mass is 326 g/mol. The summed E-state index contributed by atoms with van der Waals surface area (Å²) in [5, 5.41) is 4.46. The topological polar surface area (TPSA) is 81.2 Å². The quantitative estimate of drug-likeness (QED) is 0.921. The van der Waals surface area contributed by atoms with Gasteiger partial charge in [-0.15, -0.1) is 0 Å². The second kappa shape index (κ2) is 6.47. The fourth-order valence-electron chi connectivity index (χ4n) is 3.15. The van der Waals surface area contributed by atoms with Crippen LogP contribution < -0.4 is 5.73 Å². The van der Waals surface area contributed by atoms with Gasteiger partial charge in [0.1, 0.15) is 0 Å². The number of amides is 2. The van der Waals surface area contributed by atoms with Crippen LogP contribution in [0.2, 0.25) is 0 Å². The smallest absolute Gasteiger partial charge is 0.227 e. The van der Waals surface area contributed by atoms with E-state index in [0.717, 1.165) is 22.6 Å². The number of nitrogens with zero attached hydrogens (tertiary/aromatic N) is 3. The second-order valence-corrected chi connectivity index (χ2v) is 6.41. The molecule has 6 heteroatoms. The van der Waals surface area contributed by atoms with Crippen molar-refractivity contribution in [1.29, 1.82) is 0 Å². The Bertz CT molecular complexity index is 764. The molecule has 2 aromatic rings. The van der Waals surface area contributed by atoms with Gasteiger partial charge in [0.2, 0.25) is 11.8 Å². The molecule has 1 atom stereocenters. The van der Waals surface area contributed by atoms with Crippen molar-refractivity contribution in [3.05, 3.63) is 47.3 Å². The predicted molar refractivity (Wildman–Crippen MR) is 90.6 cm³/mol. The van der Waals surface area contributed by atoms with Crippen molar-refractivity contribution in [2.24, 2.45) is 11.7 Å². The van der Waals surface area contributed by atoms with Gasteiger partial charge in [0.25, 0.3) is 0 Å². The van der Waals surface area contributed by atoms with E-state index in [1.54, 1.807) is 4.90 Å². The van der Waals surface area contributed by atoms with Crippen molar-refractivity contribution in [2.75, 3.05) is 13.1 Å². The fraction of sp³-hybridized carbons (Fsp3) is 0.389. The van der Waals surface area contributed by atoms with Crippen molar-refractivity contribution in [3.8, 4) is 5.69 Å². The molecular formula is C18H22N4O2. The van der Waals surface area contributed by atoms with E-state index in [1.165, 1.54) is 0 Å². The van der Waals surface area contributed by atoms with Gasteiger partial charge < -0.3 is 10.6 Å². The SMILES string of the molecule is Cc1cc(C)n(-c2ccc(CC(=O)N3CC[C@@H](C(N)=O)C3)cc2)n1. The minimum Gasteiger partial charge on any atom is -0.369 e. The zero-order chi connectivity index (χ0) is 17.3. The van der Waals surface area contributed by atoms with Gasteiger partial charge in [-0.2, -0.15) is 5.10 Å². The summed E-state index contributed by atoms with van der Waals surface area (Å²) in [6, 6.07) is 9.87. The number of primary amides is 1. The molecule has 0 saturated carbocycles. The van der Waals surface area contributed by atoms with Gasteiger partial charge in [0.05, 0.1) is 23.7 Å². The highest BCUT2D eigenvalue weighted by Crippen LogP contribution is 2.18. The molecule has 1 aliphatic rings. The van der Waals surface area contributed by atoms with E-state index in [2.05, 4.69) is 5.10 Å². The maximum absolute atomic E-state index is 12.4. The Morgan fingerprint density at radius 1 is 1.25 bits per heavy atom. The minimum atomic E-state index is -0.320. The molecule has 0 aliphatic carbocycles. The third-order valence-electron chi connectivity index (χ3n) is 4.49. The maximum Gasteiger partial charge on any atom is 0.227 e. The summed E-state index contributed by atoms with van der Waals surface area (Å²) in [7, 11) is 0. The first kappa shape index (κ1) is 16.2. The summed E-state index contributed by atoms with van der Waals surface area (Å²) in [6.07, 6.45) is 1.00. The Kier molecular flexibility index (Phi) is 4.38. The number of benzene rings is 1. The normalized spacial score (nSPS) is 17.2. The van der Waals surface area contributed by atoms with Gasteiger partial charge >= 0.3 is 0 Å². The lowest BCUT2D eigenvalue weighted by atomic mass is 10.1. The van der Waals surface area contributed by atoms with Gasteiger partial charge in [-0.05, 0) is 44.0 Å². The van der Waals surface area contributed by atoms with Crippen LogP contribution in [-0.4, -0.2) is 39.6 Å². The number of hydrogen-bond acceptors (Lipinski definition) is 3. The van der Waals surface area contributed by atoms with Crippen molar-refractivity contribution >= 4 is 11.8 Å². The summed E-state index contributed by atoms with van der Waals surface area (Å²) in [5.74, 6) is -0.487. The molecule has 2 N–H and O–H groups in total. The molecular weight excluding hydrogens is 304 g/mol. The lowest BCUT2D eigenvalue weighted by molar-refractivity contribution is -0.129. The Morgan fingerprint density at radius 2 is 1.96 bits per heavy atom. The first-order valence-corrected chi connectivity index (χ1v) is 8.13. The summed E-state index contributed by atoms with van der Waals surface area (Å²) >= 11 is 0. The molecule has 0 bridgehead atoms. The van der Waals surface area contributed by atoms with Crippen LogP contribution in [0.5, 0.6) is 0 Å². The van der Waals surface area contributed by atoms with Crippen LogP contribution in [0, 0.1) is 19.8 Å².